The summed E-state index contributed by atoms with van der Waals surface area (Å²) in [7, 11) is 1.47. The van der Waals surface area contributed by atoms with E-state index in [1.165, 1.54) is 13.2 Å². The number of rotatable bonds is 5. The standard InChI is InChI=1S/C17H18O4/c1-3-13(18)8-11-4-6-14(16(20)9-11)12-5-7-15(19)17(10-12)21-2/h4-7,9-10,19-20H,3,8H2,1-2H3. The van der Waals surface area contributed by atoms with Crippen LogP contribution in [0.25, 0.3) is 11.1 Å². The molecule has 0 aliphatic rings. The summed E-state index contributed by atoms with van der Waals surface area (Å²) in [6.45, 7) is 1.82. The average Bonchev–Trinajstić information content (AvgIpc) is 2.48. The Morgan fingerprint density at radius 3 is 2.48 bits per heavy atom. The molecule has 0 radical (unpaired) electrons. The number of hydrogen-bond donors (Lipinski definition) is 2. The SMILES string of the molecule is CCC(=O)Cc1ccc(-c2ccc(O)c(OC)c2)c(O)c1. The van der Waals surface area contributed by atoms with Crippen molar-refractivity contribution < 1.29 is 19.7 Å². The summed E-state index contributed by atoms with van der Waals surface area (Å²) in [5.74, 6) is 0.626. The lowest BCUT2D eigenvalue weighted by molar-refractivity contribution is -0.118. The quantitative estimate of drug-likeness (QED) is 0.885. The van der Waals surface area contributed by atoms with Gasteiger partial charge in [-0.1, -0.05) is 25.1 Å². The highest BCUT2D eigenvalue weighted by Crippen LogP contribution is 2.35. The fourth-order valence-electron chi connectivity index (χ4n) is 2.13. The van der Waals surface area contributed by atoms with Crippen molar-refractivity contribution >= 4 is 5.78 Å². The van der Waals surface area contributed by atoms with Crippen molar-refractivity contribution in [2.45, 2.75) is 19.8 Å². The molecule has 0 amide bonds. The van der Waals surface area contributed by atoms with Crippen molar-refractivity contribution in [1.29, 1.82) is 0 Å². The van der Waals surface area contributed by atoms with Crippen LogP contribution in [0.1, 0.15) is 18.9 Å². The van der Waals surface area contributed by atoms with Crippen molar-refractivity contribution in [2.24, 2.45) is 0 Å². The molecular weight excluding hydrogens is 268 g/mol. The molecule has 0 fully saturated rings. The predicted octanol–water partition coefficient (Wildman–Crippen LogP) is 3.30. The maximum absolute atomic E-state index is 11.4. The minimum absolute atomic E-state index is 0.0471. The van der Waals surface area contributed by atoms with Crippen LogP contribution in [0.3, 0.4) is 0 Å². The minimum Gasteiger partial charge on any atom is -0.507 e. The number of phenolic OH excluding ortho intramolecular Hbond substituents is 2. The zero-order valence-electron chi connectivity index (χ0n) is 12.1. The second-order valence-electron chi connectivity index (χ2n) is 4.81. The van der Waals surface area contributed by atoms with E-state index in [1.54, 1.807) is 24.3 Å². The number of hydrogen-bond acceptors (Lipinski definition) is 4. The van der Waals surface area contributed by atoms with Crippen molar-refractivity contribution in [3.05, 3.63) is 42.0 Å². The van der Waals surface area contributed by atoms with Crippen molar-refractivity contribution in [3.63, 3.8) is 0 Å². The van der Waals surface area contributed by atoms with Gasteiger partial charge in [-0.05, 0) is 29.3 Å². The Morgan fingerprint density at radius 1 is 1.10 bits per heavy atom. The first-order valence-electron chi connectivity index (χ1n) is 6.76. The fraction of sp³-hybridized carbons (Fsp3) is 0.235. The van der Waals surface area contributed by atoms with E-state index in [0.717, 1.165) is 11.1 Å². The van der Waals surface area contributed by atoms with Gasteiger partial charge in [0.2, 0.25) is 0 Å². The van der Waals surface area contributed by atoms with E-state index < -0.39 is 0 Å². The Labute approximate surface area is 123 Å². The van der Waals surface area contributed by atoms with Gasteiger partial charge in [-0.3, -0.25) is 4.79 Å². The lowest BCUT2D eigenvalue weighted by Crippen LogP contribution is -2.00. The zero-order chi connectivity index (χ0) is 15.4. The van der Waals surface area contributed by atoms with Crippen LogP contribution in [-0.4, -0.2) is 23.1 Å². The third-order valence-corrected chi connectivity index (χ3v) is 3.35. The molecule has 0 saturated heterocycles. The van der Waals surface area contributed by atoms with Crippen molar-refractivity contribution in [3.8, 4) is 28.4 Å². The van der Waals surface area contributed by atoms with E-state index >= 15 is 0 Å². The van der Waals surface area contributed by atoms with Crippen LogP contribution in [0.5, 0.6) is 17.2 Å². The van der Waals surface area contributed by atoms with Crippen molar-refractivity contribution in [2.75, 3.05) is 7.11 Å². The Kier molecular flexibility index (Phi) is 4.48. The lowest BCUT2D eigenvalue weighted by Gasteiger charge is -2.10. The molecule has 0 aliphatic heterocycles. The summed E-state index contributed by atoms with van der Waals surface area (Å²) < 4.78 is 5.06. The van der Waals surface area contributed by atoms with Gasteiger partial charge in [0.1, 0.15) is 11.5 Å². The number of ketones is 1. The molecule has 0 aliphatic carbocycles. The molecule has 110 valence electrons. The van der Waals surface area contributed by atoms with E-state index in [4.69, 9.17) is 4.74 Å². The number of aromatic hydroxyl groups is 2. The Balaban J connectivity index is 2.35. The molecule has 0 saturated carbocycles. The van der Waals surface area contributed by atoms with E-state index in [0.29, 0.717) is 24.2 Å². The number of benzene rings is 2. The number of carbonyl (C=O) groups excluding carboxylic acids is 1. The number of ether oxygens (including phenoxy) is 1. The van der Waals surface area contributed by atoms with Gasteiger partial charge in [-0.25, -0.2) is 0 Å². The number of carbonyl (C=O) groups is 1. The summed E-state index contributed by atoms with van der Waals surface area (Å²) in [5.41, 5.74) is 2.14. The molecule has 2 aromatic carbocycles. The smallest absolute Gasteiger partial charge is 0.161 e. The molecule has 2 N–H and O–H groups in total. The molecule has 0 bridgehead atoms. The van der Waals surface area contributed by atoms with Crippen LogP contribution in [0.4, 0.5) is 0 Å². The number of phenols is 2. The molecule has 2 rings (SSSR count). The van der Waals surface area contributed by atoms with Crippen LogP contribution in [0.2, 0.25) is 0 Å². The highest BCUT2D eigenvalue weighted by Gasteiger charge is 2.10. The number of methoxy groups -OCH3 is 1. The van der Waals surface area contributed by atoms with E-state index in [-0.39, 0.29) is 17.3 Å². The van der Waals surface area contributed by atoms with Crippen LogP contribution in [0, 0.1) is 0 Å². The summed E-state index contributed by atoms with van der Waals surface area (Å²) in [6, 6.07) is 10.1. The molecule has 4 nitrogen and oxygen atoms in total. The lowest BCUT2D eigenvalue weighted by atomic mass is 10.00. The highest BCUT2D eigenvalue weighted by molar-refractivity contribution is 5.81. The zero-order valence-corrected chi connectivity index (χ0v) is 12.1. The molecule has 0 heterocycles. The topological polar surface area (TPSA) is 66.8 Å². The van der Waals surface area contributed by atoms with Gasteiger partial charge >= 0.3 is 0 Å². The first-order valence-corrected chi connectivity index (χ1v) is 6.76. The highest BCUT2D eigenvalue weighted by atomic mass is 16.5. The van der Waals surface area contributed by atoms with Gasteiger partial charge in [-0.15, -0.1) is 0 Å². The largest absolute Gasteiger partial charge is 0.507 e. The summed E-state index contributed by atoms with van der Waals surface area (Å²) in [4.78, 5) is 11.4. The van der Waals surface area contributed by atoms with Gasteiger partial charge in [0.15, 0.2) is 11.5 Å². The summed E-state index contributed by atoms with van der Waals surface area (Å²) in [5, 5.41) is 19.7. The number of Topliss-reactive ketones (excluding diaryl/α,β-unsaturated/α-hetero) is 1. The minimum atomic E-state index is 0.0471. The first-order chi connectivity index (χ1) is 10.0. The molecule has 0 spiro atoms. The van der Waals surface area contributed by atoms with Gasteiger partial charge in [0, 0.05) is 18.4 Å². The van der Waals surface area contributed by atoms with Crippen LogP contribution < -0.4 is 4.74 Å². The molecular formula is C17H18O4. The van der Waals surface area contributed by atoms with Gasteiger partial charge in [0.05, 0.1) is 7.11 Å². The molecule has 0 aromatic heterocycles. The maximum atomic E-state index is 11.4. The van der Waals surface area contributed by atoms with Crippen LogP contribution in [0.15, 0.2) is 36.4 Å². The second kappa shape index (κ2) is 6.31. The van der Waals surface area contributed by atoms with Crippen molar-refractivity contribution in [1.82, 2.24) is 0 Å². The predicted molar refractivity (Wildman–Crippen MR) is 80.8 cm³/mol. The Bertz CT molecular complexity index is 662. The monoisotopic (exact) mass is 286 g/mol. The summed E-state index contributed by atoms with van der Waals surface area (Å²) in [6.07, 6.45) is 0.806. The molecule has 21 heavy (non-hydrogen) atoms. The Morgan fingerprint density at radius 2 is 1.86 bits per heavy atom. The van der Waals surface area contributed by atoms with Crippen LogP contribution >= 0.6 is 0 Å². The normalized spacial score (nSPS) is 10.4. The van der Waals surface area contributed by atoms with E-state index in [1.807, 2.05) is 13.0 Å². The average molecular weight is 286 g/mol. The molecule has 0 unspecified atom stereocenters. The van der Waals surface area contributed by atoms with E-state index in [9.17, 15) is 15.0 Å². The molecule has 4 heteroatoms. The maximum Gasteiger partial charge on any atom is 0.161 e. The first kappa shape index (κ1) is 14.9. The molecule has 2 aromatic rings. The third kappa shape index (κ3) is 3.34. The molecule has 0 atom stereocenters. The van der Waals surface area contributed by atoms with Gasteiger partial charge in [0.25, 0.3) is 0 Å². The Hall–Kier alpha value is -2.49. The van der Waals surface area contributed by atoms with Gasteiger partial charge < -0.3 is 14.9 Å². The second-order valence-corrected chi connectivity index (χ2v) is 4.81. The fourth-order valence-corrected chi connectivity index (χ4v) is 2.13. The third-order valence-electron chi connectivity index (χ3n) is 3.35. The van der Waals surface area contributed by atoms with Gasteiger partial charge in [-0.2, -0.15) is 0 Å². The summed E-state index contributed by atoms with van der Waals surface area (Å²) >= 11 is 0. The van der Waals surface area contributed by atoms with E-state index in [2.05, 4.69) is 0 Å². The van der Waals surface area contributed by atoms with Crippen LogP contribution in [-0.2, 0) is 11.2 Å².